The Morgan fingerprint density at radius 1 is 1.26 bits per heavy atom. The third-order valence-electron chi connectivity index (χ3n) is 2.99. The number of methoxy groups -OCH3 is 1. The molecule has 2 rings (SSSR count). The first-order chi connectivity index (χ1) is 9.11. The van der Waals surface area contributed by atoms with Crippen LogP contribution in [0.25, 0.3) is 0 Å². The number of nitrogens with zero attached hydrogens (tertiary/aromatic N) is 1. The Hall–Kier alpha value is -1.69. The van der Waals surface area contributed by atoms with Gasteiger partial charge in [-0.15, -0.1) is 0 Å². The van der Waals surface area contributed by atoms with Gasteiger partial charge in [0, 0.05) is 5.33 Å². The molecule has 1 aromatic carbocycles. The van der Waals surface area contributed by atoms with E-state index in [1.165, 1.54) is 7.11 Å². The minimum atomic E-state index is -0.892. The summed E-state index contributed by atoms with van der Waals surface area (Å²) in [5, 5.41) is 0.486. The summed E-state index contributed by atoms with van der Waals surface area (Å²) >= 11 is 3.21. The third kappa shape index (κ3) is 2.28. The molecule has 6 heteroatoms. The molecule has 5 nitrogen and oxygen atoms in total. The summed E-state index contributed by atoms with van der Waals surface area (Å²) < 4.78 is 4.67. The summed E-state index contributed by atoms with van der Waals surface area (Å²) in [7, 11) is 1.24. The summed E-state index contributed by atoms with van der Waals surface area (Å²) in [6.45, 7) is 0. The minimum Gasteiger partial charge on any atom is -0.467 e. The summed E-state index contributed by atoms with van der Waals surface area (Å²) in [5.74, 6) is -1.48. The van der Waals surface area contributed by atoms with Gasteiger partial charge in [0.25, 0.3) is 11.8 Å². The van der Waals surface area contributed by atoms with Crippen molar-refractivity contribution < 1.29 is 19.1 Å². The fourth-order valence-electron chi connectivity index (χ4n) is 2.08. The zero-order chi connectivity index (χ0) is 14.0. The van der Waals surface area contributed by atoms with E-state index in [1.54, 1.807) is 24.3 Å². The van der Waals surface area contributed by atoms with Crippen LogP contribution in [0.2, 0.25) is 0 Å². The predicted octanol–water partition coefficient (Wildman–Crippen LogP) is 1.61. The molecule has 0 fully saturated rings. The number of halogens is 1. The summed E-state index contributed by atoms with van der Waals surface area (Å²) in [6.07, 6.45) is 0.318. The molecule has 0 bridgehead atoms. The number of carbonyl (C=O) groups excluding carboxylic acids is 3. The van der Waals surface area contributed by atoms with E-state index < -0.39 is 23.8 Å². The molecule has 0 spiro atoms. The second-order valence-corrected chi connectivity index (χ2v) is 4.84. The predicted molar refractivity (Wildman–Crippen MR) is 71.2 cm³/mol. The van der Waals surface area contributed by atoms with Crippen LogP contribution < -0.4 is 0 Å². The molecule has 1 aromatic rings. The van der Waals surface area contributed by atoms with Crippen molar-refractivity contribution in [3.05, 3.63) is 35.4 Å². The highest BCUT2D eigenvalue weighted by molar-refractivity contribution is 9.09. The third-order valence-corrected chi connectivity index (χ3v) is 3.45. The van der Waals surface area contributed by atoms with Crippen molar-refractivity contribution in [2.75, 3.05) is 12.4 Å². The lowest BCUT2D eigenvalue weighted by atomic mass is 10.1. The maximum absolute atomic E-state index is 12.2. The van der Waals surface area contributed by atoms with Gasteiger partial charge in [0.1, 0.15) is 6.04 Å². The van der Waals surface area contributed by atoms with Crippen molar-refractivity contribution in [2.45, 2.75) is 12.5 Å². The summed E-state index contributed by atoms with van der Waals surface area (Å²) in [4.78, 5) is 37.2. The molecule has 1 atom stereocenters. The van der Waals surface area contributed by atoms with Gasteiger partial charge >= 0.3 is 5.97 Å². The SMILES string of the molecule is COC(=O)[C@H](CCBr)N1C(=O)c2ccccc2C1=O. The van der Waals surface area contributed by atoms with E-state index in [-0.39, 0.29) is 0 Å². The van der Waals surface area contributed by atoms with Crippen molar-refractivity contribution in [3.63, 3.8) is 0 Å². The van der Waals surface area contributed by atoms with Gasteiger partial charge in [0.2, 0.25) is 0 Å². The van der Waals surface area contributed by atoms with E-state index in [4.69, 9.17) is 0 Å². The van der Waals surface area contributed by atoms with Crippen LogP contribution in [0, 0.1) is 0 Å². The van der Waals surface area contributed by atoms with E-state index in [0.717, 1.165) is 4.90 Å². The van der Waals surface area contributed by atoms with Crippen LogP contribution >= 0.6 is 15.9 Å². The van der Waals surface area contributed by atoms with Crippen LogP contribution in [0.5, 0.6) is 0 Å². The first-order valence-corrected chi connectivity index (χ1v) is 6.84. The first-order valence-electron chi connectivity index (χ1n) is 5.72. The van der Waals surface area contributed by atoms with Crippen molar-refractivity contribution in [1.82, 2.24) is 4.90 Å². The average molecular weight is 326 g/mol. The topological polar surface area (TPSA) is 63.7 Å². The lowest BCUT2D eigenvalue weighted by molar-refractivity contribution is -0.145. The van der Waals surface area contributed by atoms with Crippen LogP contribution in [0.4, 0.5) is 0 Å². The number of rotatable bonds is 4. The fraction of sp³-hybridized carbons (Fsp3) is 0.308. The Bertz CT molecular complexity index is 508. The molecule has 1 heterocycles. The van der Waals surface area contributed by atoms with Crippen LogP contribution in [0.3, 0.4) is 0 Å². The zero-order valence-electron chi connectivity index (χ0n) is 10.3. The number of hydrogen-bond acceptors (Lipinski definition) is 4. The largest absolute Gasteiger partial charge is 0.467 e. The van der Waals surface area contributed by atoms with Crippen molar-refractivity contribution in [3.8, 4) is 0 Å². The number of imide groups is 1. The molecule has 1 aliphatic heterocycles. The lowest BCUT2D eigenvalue weighted by Crippen LogP contribution is -2.45. The molecule has 19 heavy (non-hydrogen) atoms. The molecule has 0 aromatic heterocycles. The Balaban J connectivity index is 2.39. The number of fused-ring (bicyclic) bond motifs is 1. The second kappa shape index (κ2) is 5.52. The number of ether oxygens (including phenoxy) is 1. The Kier molecular flexibility index (Phi) is 3.99. The minimum absolute atomic E-state index is 0.318. The van der Waals surface area contributed by atoms with Gasteiger partial charge in [0.15, 0.2) is 0 Å². The Morgan fingerprint density at radius 2 is 1.79 bits per heavy atom. The van der Waals surface area contributed by atoms with E-state index in [1.807, 2.05) is 0 Å². The molecule has 100 valence electrons. The summed E-state index contributed by atoms with van der Waals surface area (Å²) in [5.41, 5.74) is 0.659. The fourth-order valence-corrected chi connectivity index (χ4v) is 2.52. The van der Waals surface area contributed by atoms with Crippen molar-refractivity contribution >= 4 is 33.7 Å². The second-order valence-electron chi connectivity index (χ2n) is 4.04. The average Bonchev–Trinajstić information content (AvgIpc) is 2.68. The van der Waals surface area contributed by atoms with Gasteiger partial charge in [0.05, 0.1) is 18.2 Å². The normalized spacial score (nSPS) is 15.4. The maximum atomic E-state index is 12.2. The first kappa shape index (κ1) is 13.7. The number of carbonyl (C=O) groups is 3. The molecule has 0 aliphatic carbocycles. The standard InChI is InChI=1S/C13H12BrNO4/c1-19-13(18)10(6-7-14)15-11(16)8-4-2-3-5-9(8)12(15)17/h2-5,10H,6-7H2,1H3/t10-/m0/s1. The van der Waals surface area contributed by atoms with Gasteiger partial charge < -0.3 is 4.74 Å². The van der Waals surface area contributed by atoms with Crippen molar-refractivity contribution in [1.29, 1.82) is 0 Å². The molecule has 1 aliphatic rings. The van der Waals surface area contributed by atoms with Gasteiger partial charge in [-0.2, -0.15) is 0 Å². The highest BCUT2D eigenvalue weighted by Gasteiger charge is 2.42. The molecule has 0 saturated carbocycles. The van der Waals surface area contributed by atoms with Gasteiger partial charge in [-0.3, -0.25) is 14.5 Å². The molecule has 0 unspecified atom stereocenters. The molecule has 0 radical (unpaired) electrons. The van der Waals surface area contributed by atoms with E-state index >= 15 is 0 Å². The lowest BCUT2D eigenvalue weighted by Gasteiger charge is -2.23. The quantitative estimate of drug-likeness (QED) is 0.479. The molecular weight excluding hydrogens is 314 g/mol. The Morgan fingerprint density at radius 3 is 2.21 bits per heavy atom. The smallest absolute Gasteiger partial charge is 0.329 e. The highest BCUT2D eigenvalue weighted by atomic mass is 79.9. The number of esters is 1. The van der Waals surface area contributed by atoms with Crippen LogP contribution in [0.15, 0.2) is 24.3 Å². The number of alkyl halides is 1. The maximum Gasteiger partial charge on any atom is 0.329 e. The molecule has 0 saturated heterocycles. The van der Waals surface area contributed by atoms with Gasteiger partial charge in [-0.05, 0) is 18.6 Å². The van der Waals surface area contributed by atoms with Crippen LogP contribution in [-0.2, 0) is 9.53 Å². The zero-order valence-corrected chi connectivity index (χ0v) is 11.8. The molecule has 2 amide bonds. The molecular formula is C13H12BrNO4. The number of amides is 2. The monoisotopic (exact) mass is 325 g/mol. The van der Waals surface area contributed by atoms with E-state index in [2.05, 4.69) is 20.7 Å². The van der Waals surface area contributed by atoms with E-state index in [9.17, 15) is 14.4 Å². The van der Waals surface area contributed by atoms with E-state index in [0.29, 0.717) is 22.9 Å². The van der Waals surface area contributed by atoms with Gasteiger partial charge in [-0.25, -0.2) is 4.79 Å². The number of hydrogen-bond donors (Lipinski definition) is 0. The summed E-state index contributed by atoms with van der Waals surface area (Å²) in [6, 6.07) is 5.64. The molecule has 0 N–H and O–H groups in total. The number of benzene rings is 1. The van der Waals surface area contributed by atoms with Crippen LogP contribution in [-0.4, -0.2) is 41.2 Å². The van der Waals surface area contributed by atoms with Crippen molar-refractivity contribution in [2.24, 2.45) is 0 Å². The Labute approximate surface area is 118 Å². The highest BCUT2D eigenvalue weighted by Crippen LogP contribution is 2.26. The van der Waals surface area contributed by atoms with Crippen LogP contribution in [0.1, 0.15) is 27.1 Å². The van der Waals surface area contributed by atoms with Gasteiger partial charge in [-0.1, -0.05) is 28.1 Å².